The van der Waals surface area contributed by atoms with Crippen LogP contribution in [0.3, 0.4) is 0 Å². The Labute approximate surface area is 134 Å². The first-order chi connectivity index (χ1) is 10.7. The van der Waals surface area contributed by atoms with Gasteiger partial charge in [0.15, 0.2) is 0 Å². The van der Waals surface area contributed by atoms with E-state index in [0.29, 0.717) is 12.1 Å². The van der Waals surface area contributed by atoms with Crippen molar-refractivity contribution in [3.63, 3.8) is 0 Å². The van der Waals surface area contributed by atoms with Crippen LogP contribution in [-0.2, 0) is 7.05 Å². The molecule has 4 nitrogen and oxygen atoms in total. The molecule has 120 valence electrons. The lowest BCUT2D eigenvalue weighted by Crippen LogP contribution is -2.20. The minimum absolute atomic E-state index is 0.358. The van der Waals surface area contributed by atoms with Gasteiger partial charge in [-0.05, 0) is 56.7 Å². The van der Waals surface area contributed by atoms with Crippen LogP contribution in [0.15, 0.2) is 18.3 Å². The second-order valence-corrected chi connectivity index (χ2v) is 7.40. The topological polar surface area (TPSA) is 39.1 Å². The molecular weight excluding hydrogens is 293 g/mol. The van der Waals surface area contributed by atoms with Gasteiger partial charge >= 0.3 is 0 Å². The van der Waals surface area contributed by atoms with E-state index in [1.54, 1.807) is 0 Å². The summed E-state index contributed by atoms with van der Waals surface area (Å²) in [5.41, 5.74) is 2.39. The first-order valence-electron chi connectivity index (χ1n) is 8.18. The third-order valence-electron chi connectivity index (χ3n) is 4.21. The molecule has 5 heteroatoms. The van der Waals surface area contributed by atoms with Crippen molar-refractivity contribution in [3.05, 3.63) is 23.9 Å². The van der Waals surface area contributed by atoms with Crippen molar-refractivity contribution in [1.82, 2.24) is 15.1 Å². The molecule has 2 unspecified atom stereocenters. The van der Waals surface area contributed by atoms with Crippen molar-refractivity contribution in [2.45, 2.75) is 38.3 Å². The lowest BCUT2D eigenvalue weighted by atomic mass is 10.1. The van der Waals surface area contributed by atoms with Gasteiger partial charge in [0.25, 0.3) is 0 Å². The maximum Gasteiger partial charge on any atom is 0.145 e. The van der Waals surface area contributed by atoms with E-state index >= 15 is 0 Å². The van der Waals surface area contributed by atoms with Gasteiger partial charge in [-0.25, -0.2) is 0 Å². The Morgan fingerprint density at radius 2 is 2.27 bits per heavy atom. The van der Waals surface area contributed by atoms with Crippen molar-refractivity contribution < 1.29 is 4.74 Å². The van der Waals surface area contributed by atoms with Crippen LogP contribution in [0.1, 0.15) is 37.8 Å². The zero-order valence-corrected chi connectivity index (χ0v) is 14.7. The molecular formula is C17H26N3OP. The molecule has 0 bridgehead atoms. The highest BCUT2D eigenvalue weighted by Crippen LogP contribution is 2.31. The van der Waals surface area contributed by atoms with Crippen LogP contribution in [0, 0.1) is 0 Å². The van der Waals surface area contributed by atoms with Crippen LogP contribution in [0.25, 0.3) is 10.9 Å². The largest absolute Gasteiger partial charge is 0.491 e. The van der Waals surface area contributed by atoms with Crippen molar-refractivity contribution in [2.24, 2.45) is 7.05 Å². The number of nitrogens with one attached hydrogen (secondary N) is 1. The van der Waals surface area contributed by atoms with Crippen LogP contribution >= 0.6 is 8.58 Å². The SMILES string of the molecule is CPCCCOc1cc(C(C)NC2CC2)cc2cnn(C)c12. The molecule has 2 aromatic rings. The Kier molecular flexibility index (Phi) is 5.00. The molecule has 0 radical (unpaired) electrons. The van der Waals surface area contributed by atoms with E-state index in [-0.39, 0.29) is 0 Å². The second-order valence-electron chi connectivity index (χ2n) is 6.19. The Morgan fingerprint density at radius 3 is 3.00 bits per heavy atom. The molecule has 1 saturated carbocycles. The minimum Gasteiger partial charge on any atom is -0.491 e. The summed E-state index contributed by atoms with van der Waals surface area (Å²) < 4.78 is 8.00. The van der Waals surface area contributed by atoms with Gasteiger partial charge in [0.2, 0.25) is 0 Å². The molecule has 0 amide bonds. The smallest absolute Gasteiger partial charge is 0.145 e. The summed E-state index contributed by atoms with van der Waals surface area (Å²) >= 11 is 0. The maximum absolute atomic E-state index is 6.09. The van der Waals surface area contributed by atoms with Crippen molar-refractivity contribution in [1.29, 1.82) is 0 Å². The molecule has 3 rings (SSSR count). The lowest BCUT2D eigenvalue weighted by molar-refractivity contribution is 0.320. The summed E-state index contributed by atoms with van der Waals surface area (Å²) in [4.78, 5) is 0. The van der Waals surface area contributed by atoms with E-state index in [1.165, 1.54) is 24.6 Å². The number of aryl methyl sites for hydroxylation is 1. The molecule has 22 heavy (non-hydrogen) atoms. The second kappa shape index (κ2) is 6.97. The quantitative estimate of drug-likeness (QED) is 0.598. The molecule has 2 atom stereocenters. The number of aromatic nitrogens is 2. The number of hydrogen-bond acceptors (Lipinski definition) is 3. The monoisotopic (exact) mass is 319 g/mol. The van der Waals surface area contributed by atoms with Crippen molar-refractivity contribution >= 4 is 19.5 Å². The Hall–Kier alpha value is -1.12. The molecule has 1 aromatic heterocycles. The van der Waals surface area contributed by atoms with Gasteiger partial charge < -0.3 is 10.1 Å². The number of nitrogens with zero attached hydrogens (tertiary/aromatic N) is 2. The predicted octanol–water partition coefficient (Wildman–Crippen LogP) is 3.46. The fourth-order valence-electron chi connectivity index (χ4n) is 2.79. The standard InChI is InChI=1S/C17H26N3OP/c1-12(19-15-5-6-15)13-9-14-11-18-20(2)17(14)16(10-13)21-7-4-8-22-3/h9-12,15,19,22H,4-8H2,1-3H3. The average molecular weight is 319 g/mol. The summed E-state index contributed by atoms with van der Waals surface area (Å²) in [5, 5.41) is 9.22. The van der Waals surface area contributed by atoms with Crippen LogP contribution in [-0.4, -0.2) is 35.3 Å². The summed E-state index contributed by atoms with van der Waals surface area (Å²) in [7, 11) is 2.98. The van der Waals surface area contributed by atoms with Gasteiger partial charge in [-0.15, -0.1) is 8.58 Å². The average Bonchev–Trinajstić information content (AvgIpc) is 3.25. The molecule has 0 saturated heterocycles. The van der Waals surface area contributed by atoms with Crippen LogP contribution < -0.4 is 10.1 Å². The van der Waals surface area contributed by atoms with Crippen molar-refractivity contribution in [3.8, 4) is 5.75 Å². The molecule has 1 fully saturated rings. The normalized spacial score (nSPS) is 16.7. The molecule has 0 spiro atoms. The van der Waals surface area contributed by atoms with Gasteiger partial charge in [-0.3, -0.25) is 4.68 Å². The van der Waals surface area contributed by atoms with E-state index in [0.717, 1.165) is 38.3 Å². The molecule has 0 aliphatic heterocycles. The molecule has 1 heterocycles. The zero-order valence-electron chi connectivity index (χ0n) is 13.7. The van der Waals surface area contributed by atoms with Gasteiger partial charge in [0, 0.05) is 24.5 Å². The summed E-state index contributed by atoms with van der Waals surface area (Å²) in [5.74, 6) is 0.969. The van der Waals surface area contributed by atoms with Crippen LogP contribution in [0.2, 0.25) is 0 Å². The highest BCUT2D eigenvalue weighted by atomic mass is 31.1. The predicted molar refractivity (Wildman–Crippen MR) is 94.5 cm³/mol. The highest BCUT2D eigenvalue weighted by Gasteiger charge is 2.24. The first-order valence-corrected chi connectivity index (χ1v) is 9.89. The summed E-state index contributed by atoms with van der Waals surface area (Å²) in [6, 6.07) is 5.49. The number of ether oxygens (including phenoxy) is 1. The van der Waals surface area contributed by atoms with Gasteiger partial charge in [0.05, 0.1) is 12.8 Å². The Balaban J connectivity index is 1.83. The van der Waals surface area contributed by atoms with Crippen molar-refractivity contribution in [2.75, 3.05) is 19.4 Å². The van der Waals surface area contributed by atoms with E-state index in [1.807, 2.05) is 17.9 Å². The van der Waals surface area contributed by atoms with E-state index < -0.39 is 0 Å². The van der Waals surface area contributed by atoms with E-state index in [9.17, 15) is 0 Å². The van der Waals surface area contributed by atoms with Crippen LogP contribution in [0.4, 0.5) is 0 Å². The summed E-state index contributed by atoms with van der Waals surface area (Å²) in [6.07, 6.45) is 6.91. The van der Waals surface area contributed by atoms with E-state index in [4.69, 9.17) is 4.74 Å². The number of benzene rings is 1. The molecule has 1 N–H and O–H groups in total. The third-order valence-corrected chi connectivity index (χ3v) is 5.07. The molecule has 1 aliphatic carbocycles. The number of rotatable bonds is 8. The third kappa shape index (κ3) is 3.61. The Bertz CT molecular complexity index is 636. The number of fused-ring (bicyclic) bond motifs is 1. The highest BCUT2D eigenvalue weighted by molar-refractivity contribution is 7.36. The van der Waals surface area contributed by atoms with Gasteiger partial charge in [0.1, 0.15) is 11.3 Å². The lowest BCUT2D eigenvalue weighted by Gasteiger charge is -2.16. The fourth-order valence-corrected chi connectivity index (χ4v) is 3.29. The zero-order chi connectivity index (χ0) is 15.5. The van der Waals surface area contributed by atoms with Crippen LogP contribution in [0.5, 0.6) is 5.75 Å². The van der Waals surface area contributed by atoms with Gasteiger partial charge in [-0.2, -0.15) is 5.10 Å². The molecule has 1 aromatic carbocycles. The van der Waals surface area contributed by atoms with E-state index in [2.05, 4.69) is 36.1 Å². The maximum atomic E-state index is 6.09. The molecule has 1 aliphatic rings. The van der Waals surface area contributed by atoms with Gasteiger partial charge in [-0.1, -0.05) is 0 Å². The minimum atomic E-state index is 0.358. The summed E-state index contributed by atoms with van der Waals surface area (Å²) in [6.45, 7) is 5.26. The first kappa shape index (κ1) is 15.8. The fraction of sp³-hybridized carbons (Fsp3) is 0.588. The Morgan fingerprint density at radius 1 is 1.45 bits per heavy atom. The number of hydrogen-bond donors (Lipinski definition) is 1.